The van der Waals surface area contributed by atoms with Crippen LogP contribution in [0.25, 0.3) is 0 Å². The first-order valence-corrected chi connectivity index (χ1v) is 5.93. The summed E-state index contributed by atoms with van der Waals surface area (Å²) in [7, 11) is 0. The molecule has 1 aliphatic rings. The molecule has 0 aromatic heterocycles. The summed E-state index contributed by atoms with van der Waals surface area (Å²) in [6.07, 6.45) is 0. The minimum Gasteiger partial charge on any atom is -0.395 e. The highest BCUT2D eigenvalue weighted by molar-refractivity contribution is 14.1. The standard InChI is InChI=1S/C11H14INO/c1-8(13-6-9(13)7-14)10-4-2-3-5-11(10)12/h2-5,8-9,14H,6-7H2,1H3/t8-,9?,13?/m0/s1. The number of rotatable bonds is 3. The van der Waals surface area contributed by atoms with Crippen molar-refractivity contribution >= 4 is 22.6 Å². The lowest BCUT2D eigenvalue weighted by Gasteiger charge is -2.15. The molecular weight excluding hydrogens is 289 g/mol. The summed E-state index contributed by atoms with van der Waals surface area (Å²) in [6, 6.07) is 9.25. The molecule has 3 atom stereocenters. The Morgan fingerprint density at radius 3 is 2.86 bits per heavy atom. The van der Waals surface area contributed by atoms with Crippen molar-refractivity contribution in [2.24, 2.45) is 0 Å². The average Bonchev–Trinajstić information content (AvgIpc) is 2.96. The highest BCUT2D eigenvalue weighted by atomic mass is 127. The largest absolute Gasteiger partial charge is 0.395 e. The molecule has 0 radical (unpaired) electrons. The topological polar surface area (TPSA) is 23.2 Å². The van der Waals surface area contributed by atoms with E-state index in [1.165, 1.54) is 9.13 Å². The van der Waals surface area contributed by atoms with E-state index in [1.54, 1.807) is 0 Å². The third kappa shape index (κ3) is 1.94. The van der Waals surface area contributed by atoms with E-state index in [0.717, 1.165) is 6.54 Å². The second-order valence-electron chi connectivity index (χ2n) is 3.73. The molecule has 0 spiro atoms. The Morgan fingerprint density at radius 2 is 2.29 bits per heavy atom. The zero-order valence-corrected chi connectivity index (χ0v) is 10.3. The number of halogens is 1. The summed E-state index contributed by atoms with van der Waals surface area (Å²) in [4.78, 5) is 2.32. The lowest BCUT2D eigenvalue weighted by molar-refractivity contribution is 0.259. The van der Waals surface area contributed by atoms with Gasteiger partial charge in [0.05, 0.1) is 6.61 Å². The predicted molar refractivity (Wildman–Crippen MR) is 65.2 cm³/mol. The molecule has 0 saturated carbocycles. The van der Waals surface area contributed by atoms with Gasteiger partial charge in [0.15, 0.2) is 0 Å². The smallest absolute Gasteiger partial charge is 0.0599 e. The molecule has 1 fully saturated rings. The van der Waals surface area contributed by atoms with Crippen LogP contribution in [0.4, 0.5) is 0 Å². The van der Waals surface area contributed by atoms with Gasteiger partial charge in [-0.25, -0.2) is 0 Å². The van der Waals surface area contributed by atoms with E-state index < -0.39 is 0 Å². The summed E-state index contributed by atoms with van der Waals surface area (Å²) in [5.74, 6) is 0. The van der Waals surface area contributed by atoms with Crippen molar-refractivity contribution in [3.8, 4) is 0 Å². The lowest BCUT2D eigenvalue weighted by Crippen LogP contribution is -2.11. The minimum atomic E-state index is 0.285. The Kier molecular flexibility index (Phi) is 3.09. The van der Waals surface area contributed by atoms with E-state index in [-0.39, 0.29) is 6.61 Å². The van der Waals surface area contributed by atoms with Gasteiger partial charge in [0.1, 0.15) is 0 Å². The van der Waals surface area contributed by atoms with E-state index in [9.17, 15) is 0 Å². The van der Waals surface area contributed by atoms with Gasteiger partial charge in [-0.3, -0.25) is 4.90 Å². The van der Waals surface area contributed by atoms with Crippen LogP contribution in [0.3, 0.4) is 0 Å². The van der Waals surface area contributed by atoms with Crippen LogP contribution < -0.4 is 0 Å². The third-order valence-electron chi connectivity index (χ3n) is 2.82. The van der Waals surface area contributed by atoms with E-state index >= 15 is 0 Å². The van der Waals surface area contributed by atoms with Crippen LogP contribution >= 0.6 is 22.6 Å². The van der Waals surface area contributed by atoms with Gasteiger partial charge in [0.2, 0.25) is 0 Å². The van der Waals surface area contributed by atoms with Crippen molar-refractivity contribution in [1.29, 1.82) is 0 Å². The second-order valence-corrected chi connectivity index (χ2v) is 4.89. The first-order chi connectivity index (χ1) is 6.74. The molecule has 14 heavy (non-hydrogen) atoms. The van der Waals surface area contributed by atoms with Gasteiger partial charge < -0.3 is 5.11 Å². The summed E-state index contributed by atoms with van der Waals surface area (Å²) in [6.45, 7) is 3.52. The fourth-order valence-corrected chi connectivity index (χ4v) is 2.66. The van der Waals surface area contributed by atoms with Crippen LogP contribution in [0, 0.1) is 3.57 Å². The SMILES string of the molecule is C[C@@H](c1ccccc1I)N1CC1CO. The normalized spacial score (nSPS) is 27.4. The fraction of sp³-hybridized carbons (Fsp3) is 0.455. The zero-order valence-electron chi connectivity index (χ0n) is 8.15. The van der Waals surface area contributed by atoms with Gasteiger partial charge in [-0.2, -0.15) is 0 Å². The molecule has 3 heteroatoms. The molecule has 1 saturated heterocycles. The van der Waals surface area contributed by atoms with Crippen molar-refractivity contribution in [1.82, 2.24) is 4.90 Å². The molecule has 1 aromatic carbocycles. The maximum absolute atomic E-state index is 9.00. The zero-order chi connectivity index (χ0) is 10.1. The summed E-state index contributed by atoms with van der Waals surface area (Å²) in [5.41, 5.74) is 1.36. The Bertz CT molecular complexity index is 329. The van der Waals surface area contributed by atoms with Crippen molar-refractivity contribution in [2.75, 3.05) is 13.2 Å². The highest BCUT2D eigenvalue weighted by Crippen LogP contribution is 2.33. The summed E-state index contributed by atoms with van der Waals surface area (Å²) < 4.78 is 1.31. The van der Waals surface area contributed by atoms with E-state index in [2.05, 4.69) is 58.7 Å². The van der Waals surface area contributed by atoms with Gasteiger partial charge in [-0.1, -0.05) is 18.2 Å². The first-order valence-electron chi connectivity index (χ1n) is 4.85. The number of aliphatic hydroxyl groups is 1. The maximum atomic E-state index is 9.00. The van der Waals surface area contributed by atoms with Crippen molar-refractivity contribution < 1.29 is 5.11 Å². The Hall–Kier alpha value is -0.130. The maximum Gasteiger partial charge on any atom is 0.0599 e. The molecule has 2 unspecified atom stereocenters. The van der Waals surface area contributed by atoms with Crippen molar-refractivity contribution in [3.63, 3.8) is 0 Å². The van der Waals surface area contributed by atoms with Crippen LogP contribution in [-0.2, 0) is 0 Å². The van der Waals surface area contributed by atoms with Gasteiger partial charge in [0, 0.05) is 22.2 Å². The molecule has 1 N–H and O–H groups in total. The molecule has 0 aliphatic carbocycles. The summed E-state index contributed by atoms with van der Waals surface area (Å²) in [5, 5.41) is 9.00. The quantitative estimate of drug-likeness (QED) is 0.682. The Balaban J connectivity index is 2.12. The molecular formula is C11H14INO. The average molecular weight is 303 g/mol. The molecule has 76 valence electrons. The number of nitrogens with zero attached hydrogens (tertiary/aromatic N) is 1. The van der Waals surface area contributed by atoms with Crippen molar-refractivity contribution in [3.05, 3.63) is 33.4 Å². The number of hydrogen-bond acceptors (Lipinski definition) is 2. The molecule has 2 nitrogen and oxygen atoms in total. The number of benzene rings is 1. The van der Waals surface area contributed by atoms with E-state index in [1.807, 2.05) is 0 Å². The highest BCUT2D eigenvalue weighted by Gasteiger charge is 2.37. The molecule has 1 aliphatic heterocycles. The van der Waals surface area contributed by atoms with Crippen LogP contribution in [0.15, 0.2) is 24.3 Å². The monoisotopic (exact) mass is 303 g/mol. The van der Waals surface area contributed by atoms with Gasteiger partial charge in [-0.15, -0.1) is 0 Å². The number of aliphatic hydroxyl groups excluding tert-OH is 1. The van der Waals surface area contributed by atoms with Crippen LogP contribution in [0.2, 0.25) is 0 Å². The van der Waals surface area contributed by atoms with Gasteiger partial charge in [-0.05, 0) is 41.1 Å². The summed E-state index contributed by atoms with van der Waals surface area (Å²) >= 11 is 2.37. The minimum absolute atomic E-state index is 0.285. The molecule has 1 aromatic rings. The Morgan fingerprint density at radius 1 is 1.57 bits per heavy atom. The van der Waals surface area contributed by atoms with Crippen molar-refractivity contribution in [2.45, 2.75) is 19.0 Å². The second kappa shape index (κ2) is 4.16. The lowest BCUT2D eigenvalue weighted by atomic mass is 10.1. The predicted octanol–water partition coefficient (Wildman–Crippen LogP) is 2.03. The van der Waals surface area contributed by atoms with Gasteiger partial charge >= 0.3 is 0 Å². The van der Waals surface area contributed by atoms with E-state index in [4.69, 9.17) is 5.11 Å². The van der Waals surface area contributed by atoms with Gasteiger partial charge in [0.25, 0.3) is 0 Å². The molecule has 0 amide bonds. The van der Waals surface area contributed by atoms with E-state index in [0.29, 0.717) is 12.1 Å². The van der Waals surface area contributed by atoms with Crippen LogP contribution in [0.5, 0.6) is 0 Å². The van der Waals surface area contributed by atoms with Crippen LogP contribution in [0.1, 0.15) is 18.5 Å². The fourth-order valence-electron chi connectivity index (χ4n) is 1.83. The molecule has 1 heterocycles. The molecule has 2 rings (SSSR count). The number of hydrogen-bond donors (Lipinski definition) is 1. The molecule has 0 bridgehead atoms. The third-order valence-corrected chi connectivity index (χ3v) is 3.80. The van der Waals surface area contributed by atoms with Crippen LogP contribution in [-0.4, -0.2) is 29.2 Å². The first kappa shape index (κ1) is 10.4. The Labute approximate surface area is 98.1 Å².